The summed E-state index contributed by atoms with van der Waals surface area (Å²) >= 11 is 0. The quantitative estimate of drug-likeness (QED) is 0.591. The molecule has 1 saturated heterocycles. The molecule has 90 valence electrons. The van der Waals surface area contributed by atoms with E-state index in [2.05, 4.69) is 0 Å². The predicted octanol–water partition coefficient (Wildman–Crippen LogP) is 1.85. The molecule has 1 aromatic carbocycles. The second kappa shape index (κ2) is 4.99. The van der Waals surface area contributed by atoms with Crippen LogP contribution >= 0.6 is 0 Å². The highest BCUT2D eigenvalue weighted by Gasteiger charge is 2.41. The Hall–Kier alpha value is -1.84. The minimum atomic E-state index is -0.778. The summed E-state index contributed by atoms with van der Waals surface area (Å²) in [6.07, 6.45) is 0.0277. The summed E-state index contributed by atoms with van der Waals surface area (Å²) in [5.41, 5.74) is 0.910. The lowest BCUT2D eigenvalue weighted by molar-refractivity contribution is -0.156. The normalized spacial score (nSPS) is 23.2. The van der Waals surface area contributed by atoms with Crippen molar-refractivity contribution in [2.24, 2.45) is 5.92 Å². The van der Waals surface area contributed by atoms with Crippen LogP contribution in [0.1, 0.15) is 25.0 Å². The molecule has 4 nitrogen and oxygen atoms in total. The van der Waals surface area contributed by atoms with Gasteiger partial charge in [0.25, 0.3) is 0 Å². The van der Waals surface area contributed by atoms with E-state index >= 15 is 0 Å². The highest BCUT2D eigenvalue weighted by molar-refractivity contribution is 5.96. The Labute approximate surface area is 99.5 Å². The number of hydrogen-bond donors (Lipinski definition) is 0. The van der Waals surface area contributed by atoms with Crippen molar-refractivity contribution < 1.29 is 19.1 Å². The third-order valence-corrected chi connectivity index (χ3v) is 2.74. The van der Waals surface area contributed by atoms with E-state index in [-0.39, 0.29) is 12.7 Å². The molecular formula is C13H14O4. The molecule has 0 aromatic heterocycles. The minimum absolute atomic E-state index is 0.276. The Bertz CT molecular complexity index is 413. The van der Waals surface area contributed by atoms with Crippen molar-refractivity contribution in [2.75, 3.05) is 6.61 Å². The van der Waals surface area contributed by atoms with Gasteiger partial charge in [-0.05, 0) is 12.5 Å². The van der Waals surface area contributed by atoms with E-state index < -0.39 is 17.9 Å². The first-order chi connectivity index (χ1) is 8.22. The maximum absolute atomic E-state index is 11.6. The molecule has 1 aromatic rings. The summed E-state index contributed by atoms with van der Waals surface area (Å²) in [6, 6.07) is 9.40. The predicted molar refractivity (Wildman–Crippen MR) is 60.0 cm³/mol. The van der Waals surface area contributed by atoms with Gasteiger partial charge in [-0.15, -0.1) is 0 Å². The SMILES string of the molecule is CCOC(=O)[C@H]1C[C@@H](c2ccccc2)OC1=O. The fourth-order valence-corrected chi connectivity index (χ4v) is 1.89. The molecule has 0 N–H and O–H groups in total. The van der Waals surface area contributed by atoms with Crippen LogP contribution in [-0.2, 0) is 19.1 Å². The first-order valence-electron chi connectivity index (χ1n) is 5.64. The Kier molecular flexibility index (Phi) is 3.42. The number of carbonyl (C=O) groups is 2. The number of ether oxygens (including phenoxy) is 2. The van der Waals surface area contributed by atoms with Crippen LogP contribution in [0.25, 0.3) is 0 Å². The van der Waals surface area contributed by atoms with E-state index in [0.29, 0.717) is 6.42 Å². The summed E-state index contributed by atoms with van der Waals surface area (Å²) in [4.78, 5) is 23.1. The van der Waals surface area contributed by atoms with Gasteiger partial charge in [-0.25, -0.2) is 0 Å². The summed E-state index contributed by atoms with van der Waals surface area (Å²) in [7, 11) is 0. The molecule has 0 saturated carbocycles. The van der Waals surface area contributed by atoms with Gasteiger partial charge >= 0.3 is 11.9 Å². The lowest BCUT2D eigenvalue weighted by atomic mass is 10.0. The standard InChI is InChI=1S/C13H14O4/c1-2-16-12(14)10-8-11(17-13(10)15)9-6-4-3-5-7-9/h3-7,10-11H,2,8H2,1H3/t10-,11+/m1/s1. The van der Waals surface area contributed by atoms with Gasteiger partial charge in [0.2, 0.25) is 0 Å². The van der Waals surface area contributed by atoms with Gasteiger partial charge in [-0.3, -0.25) is 9.59 Å². The second-order valence-electron chi connectivity index (χ2n) is 3.88. The molecule has 2 rings (SSSR count). The number of benzene rings is 1. The van der Waals surface area contributed by atoms with Gasteiger partial charge in [0.05, 0.1) is 6.61 Å². The van der Waals surface area contributed by atoms with Crippen LogP contribution in [0.3, 0.4) is 0 Å². The van der Waals surface area contributed by atoms with E-state index in [4.69, 9.17) is 9.47 Å². The lowest BCUT2D eigenvalue weighted by Crippen LogP contribution is -2.21. The van der Waals surface area contributed by atoms with Crippen LogP contribution in [-0.4, -0.2) is 18.5 Å². The molecule has 2 atom stereocenters. The molecule has 0 unspecified atom stereocenters. The van der Waals surface area contributed by atoms with Gasteiger partial charge in [-0.1, -0.05) is 30.3 Å². The first-order valence-corrected chi connectivity index (χ1v) is 5.64. The van der Waals surface area contributed by atoms with Crippen molar-refractivity contribution in [2.45, 2.75) is 19.4 Å². The molecule has 0 radical (unpaired) electrons. The van der Waals surface area contributed by atoms with Crippen LogP contribution in [0, 0.1) is 5.92 Å². The first kappa shape index (κ1) is 11.6. The smallest absolute Gasteiger partial charge is 0.321 e. The van der Waals surface area contributed by atoms with Crippen molar-refractivity contribution in [3.05, 3.63) is 35.9 Å². The third kappa shape index (κ3) is 2.46. The van der Waals surface area contributed by atoms with E-state index in [1.807, 2.05) is 30.3 Å². The van der Waals surface area contributed by atoms with Crippen LogP contribution < -0.4 is 0 Å². The van der Waals surface area contributed by atoms with Crippen molar-refractivity contribution in [3.8, 4) is 0 Å². The molecule has 0 amide bonds. The molecule has 1 aliphatic rings. The number of hydrogen-bond acceptors (Lipinski definition) is 4. The van der Waals surface area contributed by atoms with E-state index in [9.17, 15) is 9.59 Å². The molecule has 4 heteroatoms. The van der Waals surface area contributed by atoms with Gasteiger partial charge in [0.15, 0.2) is 5.92 Å². The molecule has 0 spiro atoms. The minimum Gasteiger partial charge on any atom is -0.465 e. The zero-order valence-corrected chi connectivity index (χ0v) is 9.59. The summed E-state index contributed by atoms with van der Waals surface area (Å²) in [6.45, 7) is 1.99. The average Bonchev–Trinajstić information content (AvgIpc) is 2.73. The fraction of sp³-hybridized carbons (Fsp3) is 0.385. The van der Waals surface area contributed by atoms with Gasteiger partial charge in [0, 0.05) is 6.42 Å². The van der Waals surface area contributed by atoms with E-state index in [1.165, 1.54) is 0 Å². The van der Waals surface area contributed by atoms with Crippen LogP contribution in [0.5, 0.6) is 0 Å². The maximum atomic E-state index is 11.6. The number of carbonyl (C=O) groups excluding carboxylic acids is 2. The topological polar surface area (TPSA) is 52.6 Å². The Morgan fingerprint density at radius 3 is 2.76 bits per heavy atom. The van der Waals surface area contributed by atoms with E-state index in [0.717, 1.165) is 5.56 Å². The monoisotopic (exact) mass is 234 g/mol. The largest absolute Gasteiger partial charge is 0.465 e. The van der Waals surface area contributed by atoms with Crippen molar-refractivity contribution in [1.82, 2.24) is 0 Å². The summed E-state index contributed by atoms with van der Waals surface area (Å²) < 4.78 is 10.0. The third-order valence-electron chi connectivity index (χ3n) is 2.74. The fourth-order valence-electron chi connectivity index (χ4n) is 1.89. The van der Waals surface area contributed by atoms with Crippen LogP contribution in [0.2, 0.25) is 0 Å². The molecule has 1 fully saturated rings. The van der Waals surface area contributed by atoms with Gasteiger partial charge in [-0.2, -0.15) is 0 Å². The second-order valence-corrected chi connectivity index (χ2v) is 3.88. The Balaban J connectivity index is 2.07. The summed E-state index contributed by atoms with van der Waals surface area (Å²) in [5, 5.41) is 0. The van der Waals surface area contributed by atoms with Crippen molar-refractivity contribution in [3.63, 3.8) is 0 Å². The molecule has 1 aliphatic heterocycles. The molecule has 0 bridgehead atoms. The molecule has 0 aliphatic carbocycles. The zero-order chi connectivity index (χ0) is 12.3. The molecular weight excluding hydrogens is 220 g/mol. The number of esters is 2. The maximum Gasteiger partial charge on any atom is 0.321 e. The zero-order valence-electron chi connectivity index (χ0n) is 9.59. The van der Waals surface area contributed by atoms with Gasteiger partial charge in [0.1, 0.15) is 6.10 Å². The lowest BCUT2D eigenvalue weighted by Gasteiger charge is -2.08. The Morgan fingerprint density at radius 2 is 2.12 bits per heavy atom. The Morgan fingerprint density at radius 1 is 1.41 bits per heavy atom. The van der Waals surface area contributed by atoms with Crippen LogP contribution in [0.15, 0.2) is 30.3 Å². The molecule has 17 heavy (non-hydrogen) atoms. The highest BCUT2D eigenvalue weighted by atomic mass is 16.6. The van der Waals surface area contributed by atoms with Crippen molar-refractivity contribution in [1.29, 1.82) is 0 Å². The number of cyclic esters (lactones) is 1. The number of rotatable bonds is 3. The highest BCUT2D eigenvalue weighted by Crippen LogP contribution is 2.33. The van der Waals surface area contributed by atoms with Crippen LogP contribution in [0.4, 0.5) is 0 Å². The average molecular weight is 234 g/mol. The molecule has 1 heterocycles. The van der Waals surface area contributed by atoms with Crippen molar-refractivity contribution >= 4 is 11.9 Å². The van der Waals surface area contributed by atoms with E-state index in [1.54, 1.807) is 6.92 Å². The van der Waals surface area contributed by atoms with Gasteiger partial charge < -0.3 is 9.47 Å². The summed E-state index contributed by atoms with van der Waals surface area (Å²) in [5.74, 6) is -1.76.